The Balaban J connectivity index is 1.71. The molecule has 0 aromatic heterocycles. The lowest BCUT2D eigenvalue weighted by Gasteiger charge is -2.35. The predicted molar refractivity (Wildman–Crippen MR) is 76.4 cm³/mol. The summed E-state index contributed by atoms with van der Waals surface area (Å²) in [6.45, 7) is 3.13. The highest BCUT2D eigenvalue weighted by molar-refractivity contribution is 5.78. The lowest BCUT2D eigenvalue weighted by Crippen LogP contribution is -2.49. The molecule has 3 N–H and O–H groups in total. The van der Waals surface area contributed by atoms with E-state index in [2.05, 4.69) is 5.32 Å². The highest BCUT2D eigenvalue weighted by atomic mass is 16.5. The van der Waals surface area contributed by atoms with Crippen LogP contribution in [0.2, 0.25) is 0 Å². The summed E-state index contributed by atoms with van der Waals surface area (Å²) in [6, 6.07) is 7.70. The zero-order chi connectivity index (χ0) is 14.4. The fourth-order valence-electron chi connectivity index (χ4n) is 2.28. The molecule has 2 rings (SSSR count). The third-order valence-electron chi connectivity index (χ3n) is 3.41. The van der Waals surface area contributed by atoms with Crippen molar-refractivity contribution < 1.29 is 14.3 Å². The summed E-state index contributed by atoms with van der Waals surface area (Å²) in [5.74, 6) is 0.572. The van der Waals surface area contributed by atoms with Crippen molar-refractivity contribution in [2.24, 2.45) is 5.73 Å². The normalized spacial score (nSPS) is 21.1. The van der Waals surface area contributed by atoms with Crippen molar-refractivity contribution in [2.75, 3.05) is 13.2 Å². The molecule has 1 amide bonds. The number of carbonyl (C=O) groups excluding carboxylic acids is 1. The summed E-state index contributed by atoms with van der Waals surface area (Å²) >= 11 is 0. The van der Waals surface area contributed by atoms with E-state index in [1.807, 2.05) is 31.2 Å². The average Bonchev–Trinajstić information content (AvgIpc) is 2.43. The highest BCUT2D eigenvalue weighted by Crippen LogP contribution is 2.23. The van der Waals surface area contributed by atoms with E-state index in [4.69, 9.17) is 15.2 Å². The number of para-hydroxylation sites is 1. The lowest BCUT2D eigenvalue weighted by molar-refractivity contribution is -0.125. The summed E-state index contributed by atoms with van der Waals surface area (Å²) in [5.41, 5.74) is 6.52. The van der Waals surface area contributed by atoms with Crippen LogP contribution in [0, 0.1) is 0 Å². The minimum Gasteiger partial charge on any atom is -0.483 e. The minimum absolute atomic E-state index is 0.0206. The van der Waals surface area contributed by atoms with Crippen molar-refractivity contribution in [1.82, 2.24) is 5.32 Å². The molecule has 0 aliphatic heterocycles. The highest BCUT2D eigenvalue weighted by Gasteiger charge is 2.30. The van der Waals surface area contributed by atoms with E-state index < -0.39 is 0 Å². The van der Waals surface area contributed by atoms with Crippen LogP contribution in [0.25, 0.3) is 0 Å². The molecule has 1 aliphatic rings. The van der Waals surface area contributed by atoms with Gasteiger partial charge in [-0.2, -0.15) is 0 Å². The van der Waals surface area contributed by atoms with Crippen molar-refractivity contribution in [3.05, 3.63) is 29.8 Å². The zero-order valence-electron chi connectivity index (χ0n) is 11.8. The van der Waals surface area contributed by atoms with Crippen LogP contribution in [0.5, 0.6) is 5.75 Å². The topological polar surface area (TPSA) is 73.6 Å². The Morgan fingerprint density at radius 1 is 1.40 bits per heavy atom. The lowest BCUT2D eigenvalue weighted by atomic mass is 9.89. The summed E-state index contributed by atoms with van der Waals surface area (Å²) in [6.07, 6.45) is 2.07. The monoisotopic (exact) mass is 278 g/mol. The predicted octanol–water partition coefficient (Wildman–Crippen LogP) is 1.21. The number of benzene rings is 1. The molecule has 1 aliphatic carbocycles. The van der Waals surface area contributed by atoms with Gasteiger partial charge in [-0.15, -0.1) is 0 Å². The summed E-state index contributed by atoms with van der Waals surface area (Å²) in [5, 5.41) is 2.94. The van der Waals surface area contributed by atoms with Crippen LogP contribution in [-0.2, 0) is 16.1 Å². The molecule has 0 unspecified atom stereocenters. The quantitative estimate of drug-likeness (QED) is 0.786. The fraction of sp³-hybridized carbons (Fsp3) is 0.533. The molecule has 110 valence electrons. The van der Waals surface area contributed by atoms with Gasteiger partial charge in [-0.1, -0.05) is 18.2 Å². The van der Waals surface area contributed by atoms with Crippen molar-refractivity contribution in [3.8, 4) is 5.75 Å². The van der Waals surface area contributed by atoms with E-state index in [0.717, 1.165) is 25.0 Å². The van der Waals surface area contributed by atoms with Crippen LogP contribution in [0.1, 0.15) is 25.3 Å². The first-order valence-electron chi connectivity index (χ1n) is 7.04. The van der Waals surface area contributed by atoms with Crippen LogP contribution < -0.4 is 15.8 Å². The third-order valence-corrected chi connectivity index (χ3v) is 3.41. The van der Waals surface area contributed by atoms with Crippen molar-refractivity contribution in [1.29, 1.82) is 0 Å². The van der Waals surface area contributed by atoms with Crippen LogP contribution >= 0.6 is 0 Å². The standard InChI is InChI=1S/C15H22N2O3/c1-2-19-13-7-12(8-13)17-15(18)10-20-14-6-4-3-5-11(14)9-16/h3-6,12-13H,2,7-10,16H2,1H3,(H,17,18). The molecule has 0 radical (unpaired) electrons. The molecule has 5 heteroatoms. The molecule has 0 bridgehead atoms. The summed E-state index contributed by atoms with van der Waals surface area (Å²) in [4.78, 5) is 11.8. The molecule has 5 nitrogen and oxygen atoms in total. The Labute approximate surface area is 119 Å². The molecule has 0 spiro atoms. The number of hydrogen-bond acceptors (Lipinski definition) is 4. The van der Waals surface area contributed by atoms with Gasteiger partial charge in [0.25, 0.3) is 5.91 Å². The van der Waals surface area contributed by atoms with E-state index in [9.17, 15) is 4.79 Å². The minimum atomic E-state index is -0.100. The fourth-order valence-corrected chi connectivity index (χ4v) is 2.28. The second-order valence-electron chi connectivity index (χ2n) is 4.91. The Hall–Kier alpha value is -1.59. The molecule has 1 fully saturated rings. The molecule has 20 heavy (non-hydrogen) atoms. The summed E-state index contributed by atoms with van der Waals surface area (Å²) < 4.78 is 11.0. The zero-order valence-corrected chi connectivity index (χ0v) is 11.8. The SMILES string of the molecule is CCOC1CC(NC(=O)COc2ccccc2CN)C1. The molecule has 1 aromatic rings. The molecule has 1 aromatic carbocycles. The first-order chi connectivity index (χ1) is 9.72. The van der Waals surface area contributed by atoms with Gasteiger partial charge in [-0.3, -0.25) is 4.79 Å². The maximum absolute atomic E-state index is 11.8. The Morgan fingerprint density at radius 3 is 2.85 bits per heavy atom. The maximum atomic E-state index is 11.8. The van der Waals surface area contributed by atoms with Crippen molar-refractivity contribution in [2.45, 2.75) is 38.5 Å². The molecule has 1 saturated carbocycles. The number of carbonyl (C=O) groups is 1. The molecule has 0 saturated heterocycles. The first-order valence-corrected chi connectivity index (χ1v) is 7.04. The van der Waals surface area contributed by atoms with Crippen molar-refractivity contribution in [3.63, 3.8) is 0 Å². The maximum Gasteiger partial charge on any atom is 0.258 e. The number of hydrogen-bond donors (Lipinski definition) is 2. The number of nitrogens with two attached hydrogens (primary N) is 1. The van der Waals surface area contributed by atoms with Crippen LogP contribution in [0.15, 0.2) is 24.3 Å². The number of rotatable bonds is 7. The van der Waals surface area contributed by atoms with Crippen LogP contribution in [0.4, 0.5) is 0 Å². The Morgan fingerprint density at radius 2 is 2.15 bits per heavy atom. The van der Waals surface area contributed by atoms with E-state index in [0.29, 0.717) is 18.4 Å². The Kier molecular flexibility index (Phi) is 5.38. The van der Waals surface area contributed by atoms with Gasteiger partial charge in [0.1, 0.15) is 5.75 Å². The second-order valence-corrected chi connectivity index (χ2v) is 4.91. The van der Waals surface area contributed by atoms with Gasteiger partial charge < -0.3 is 20.5 Å². The van der Waals surface area contributed by atoms with Gasteiger partial charge in [-0.25, -0.2) is 0 Å². The average molecular weight is 278 g/mol. The van der Waals surface area contributed by atoms with Crippen molar-refractivity contribution >= 4 is 5.91 Å². The molecule has 0 atom stereocenters. The smallest absolute Gasteiger partial charge is 0.258 e. The molecular formula is C15H22N2O3. The Bertz CT molecular complexity index is 444. The van der Waals surface area contributed by atoms with E-state index >= 15 is 0 Å². The van der Waals surface area contributed by atoms with E-state index in [1.54, 1.807) is 0 Å². The van der Waals surface area contributed by atoms with Gasteiger partial charge >= 0.3 is 0 Å². The van der Waals surface area contributed by atoms with Gasteiger partial charge in [0, 0.05) is 24.8 Å². The molecule has 0 heterocycles. The number of nitrogens with one attached hydrogen (secondary N) is 1. The van der Waals surface area contributed by atoms with Crippen LogP contribution in [-0.4, -0.2) is 31.3 Å². The van der Waals surface area contributed by atoms with E-state index in [1.165, 1.54) is 0 Å². The van der Waals surface area contributed by atoms with Gasteiger partial charge in [0.2, 0.25) is 0 Å². The van der Waals surface area contributed by atoms with Gasteiger partial charge in [0.15, 0.2) is 6.61 Å². The number of ether oxygens (including phenoxy) is 2. The van der Waals surface area contributed by atoms with Gasteiger partial charge in [-0.05, 0) is 25.8 Å². The van der Waals surface area contributed by atoms with E-state index in [-0.39, 0.29) is 18.6 Å². The summed E-state index contributed by atoms with van der Waals surface area (Å²) in [7, 11) is 0. The third kappa shape index (κ3) is 3.95. The number of amides is 1. The first kappa shape index (κ1) is 14.8. The van der Waals surface area contributed by atoms with Crippen LogP contribution in [0.3, 0.4) is 0 Å². The molecular weight excluding hydrogens is 256 g/mol. The van der Waals surface area contributed by atoms with Gasteiger partial charge in [0.05, 0.1) is 6.10 Å². The largest absolute Gasteiger partial charge is 0.483 e. The second kappa shape index (κ2) is 7.26.